The average molecular weight is 487 g/mol. The third-order valence-electron chi connectivity index (χ3n) is 6.70. The number of carbonyl (C=O) groups excluding carboxylic acids is 1. The number of methoxy groups -OCH3 is 1. The lowest BCUT2D eigenvalue weighted by Crippen LogP contribution is -2.39. The first-order chi connectivity index (χ1) is 16.0. The minimum Gasteiger partial charge on any atom is -0.396 e. The summed E-state index contributed by atoms with van der Waals surface area (Å²) in [5.41, 5.74) is 9.16. The summed E-state index contributed by atoms with van der Waals surface area (Å²) in [5, 5.41) is 7.57. The number of aromatic nitrogens is 2. The number of ether oxygens (including phenoxy) is 1. The second-order valence-corrected chi connectivity index (χ2v) is 11.1. The average Bonchev–Trinajstić information content (AvgIpc) is 3.47. The number of nitrogen functional groups attached to an aromatic ring is 1. The molecule has 1 aliphatic heterocycles. The SMILES string of the molecule is CNC1CN(c2ccc3c(n2)CCC(NC(=O)c2sc4nc(C)sc4c2N)C3)CC1COC. The molecule has 0 bridgehead atoms. The highest BCUT2D eigenvalue weighted by Crippen LogP contribution is 2.37. The van der Waals surface area contributed by atoms with E-state index in [1.54, 1.807) is 18.4 Å². The predicted octanol–water partition coefficient (Wildman–Crippen LogP) is 2.60. The van der Waals surface area contributed by atoms with Crippen LogP contribution in [0.25, 0.3) is 9.53 Å². The van der Waals surface area contributed by atoms with Crippen molar-refractivity contribution in [1.29, 1.82) is 0 Å². The zero-order valence-corrected chi connectivity index (χ0v) is 20.8. The van der Waals surface area contributed by atoms with Gasteiger partial charge in [-0.15, -0.1) is 22.7 Å². The normalized spacial score (nSPS) is 22.6. The van der Waals surface area contributed by atoms with Gasteiger partial charge in [0.25, 0.3) is 5.91 Å². The Balaban J connectivity index is 1.25. The van der Waals surface area contributed by atoms with Gasteiger partial charge >= 0.3 is 0 Å². The second-order valence-electron chi connectivity index (χ2n) is 8.92. The summed E-state index contributed by atoms with van der Waals surface area (Å²) in [7, 11) is 3.77. The third-order valence-corrected chi connectivity index (χ3v) is 8.93. The Morgan fingerprint density at radius 2 is 2.15 bits per heavy atom. The summed E-state index contributed by atoms with van der Waals surface area (Å²) in [5.74, 6) is 1.39. The van der Waals surface area contributed by atoms with E-state index in [-0.39, 0.29) is 11.9 Å². The number of hydrogen-bond donors (Lipinski definition) is 3. The molecular weight excluding hydrogens is 456 g/mol. The Bertz CT molecular complexity index is 1180. The lowest BCUT2D eigenvalue weighted by molar-refractivity contribution is 0.0938. The Morgan fingerprint density at radius 3 is 2.91 bits per heavy atom. The van der Waals surface area contributed by atoms with Crippen molar-refractivity contribution in [1.82, 2.24) is 20.6 Å². The van der Waals surface area contributed by atoms with Crippen LogP contribution in [-0.4, -0.2) is 61.8 Å². The summed E-state index contributed by atoms with van der Waals surface area (Å²) < 4.78 is 6.32. The quantitative estimate of drug-likeness (QED) is 0.492. The van der Waals surface area contributed by atoms with Crippen LogP contribution in [0.3, 0.4) is 0 Å². The second kappa shape index (κ2) is 9.17. The maximum atomic E-state index is 12.9. The molecule has 4 N–H and O–H groups in total. The van der Waals surface area contributed by atoms with Gasteiger partial charge in [-0.05, 0) is 44.9 Å². The van der Waals surface area contributed by atoms with E-state index in [1.807, 2.05) is 14.0 Å². The smallest absolute Gasteiger partial charge is 0.263 e. The van der Waals surface area contributed by atoms with Crippen molar-refractivity contribution in [3.8, 4) is 0 Å². The van der Waals surface area contributed by atoms with Crippen LogP contribution in [0, 0.1) is 12.8 Å². The molecule has 176 valence electrons. The highest BCUT2D eigenvalue weighted by molar-refractivity contribution is 7.29. The van der Waals surface area contributed by atoms with Crippen molar-refractivity contribution in [2.45, 2.75) is 38.3 Å². The van der Waals surface area contributed by atoms with Crippen molar-refractivity contribution < 1.29 is 9.53 Å². The van der Waals surface area contributed by atoms with Gasteiger partial charge < -0.3 is 26.0 Å². The van der Waals surface area contributed by atoms with E-state index in [0.29, 0.717) is 22.5 Å². The number of aryl methyl sites for hydroxylation is 2. The van der Waals surface area contributed by atoms with Gasteiger partial charge in [0.15, 0.2) is 0 Å². The lowest BCUT2D eigenvalue weighted by Gasteiger charge is -2.26. The molecule has 0 spiro atoms. The van der Waals surface area contributed by atoms with Crippen molar-refractivity contribution in [3.05, 3.63) is 33.3 Å². The van der Waals surface area contributed by atoms with E-state index in [4.69, 9.17) is 15.5 Å². The maximum absolute atomic E-state index is 12.9. The fourth-order valence-electron chi connectivity index (χ4n) is 4.99. The number of rotatable bonds is 6. The number of likely N-dealkylation sites (N-methyl/N-ethyl adjacent to an activating group) is 1. The minimum absolute atomic E-state index is 0.0819. The van der Waals surface area contributed by atoms with Crippen LogP contribution in [0.15, 0.2) is 12.1 Å². The Kier molecular flexibility index (Phi) is 6.26. The molecule has 5 rings (SSSR count). The lowest BCUT2D eigenvalue weighted by atomic mass is 9.91. The van der Waals surface area contributed by atoms with E-state index in [1.165, 1.54) is 16.9 Å². The van der Waals surface area contributed by atoms with E-state index in [9.17, 15) is 4.79 Å². The largest absolute Gasteiger partial charge is 0.396 e. The Labute approximate surface area is 201 Å². The van der Waals surface area contributed by atoms with Crippen molar-refractivity contribution in [3.63, 3.8) is 0 Å². The number of pyridine rings is 1. The Hall–Kier alpha value is -2.27. The number of carbonyl (C=O) groups is 1. The molecule has 4 heterocycles. The van der Waals surface area contributed by atoms with Gasteiger partial charge in [0.1, 0.15) is 15.5 Å². The number of nitrogens with zero attached hydrogens (tertiary/aromatic N) is 3. The highest BCUT2D eigenvalue weighted by atomic mass is 32.1. The van der Waals surface area contributed by atoms with Crippen LogP contribution in [0.2, 0.25) is 0 Å². The molecule has 33 heavy (non-hydrogen) atoms. The molecule has 3 atom stereocenters. The zero-order valence-electron chi connectivity index (χ0n) is 19.2. The fraction of sp³-hybridized carbons (Fsp3) is 0.522. The molecule has 2 aliphatic rings. The third kappa shape index (κ3) is 4.32. The van der Waals surface area contributed by atoms with Crippen LogP contribution in [0.1, 0.15) is 32.4 Å². The molecule has 0 saturated carbocycles. The zero-order chi connectivity index (χ0) is 23.1. The van der Waals surface area contributed by atoms with Gasteiger partial charge in [-0.3, -0.25) is 4.79 Å². The molecule has 1 fully saturated rings. The van der Waals surface area contributed by atoms with Crippen LogP contribution >= 0.6 is 22.7 Å². The molecule has 3 aromatic rings. The van der Waals surface area contributed by atoms with E-state index >= 15 is 0 Å². The summed E-state index contributed by atoms with van der Waals surface area (Å²) in [6.07, 6.45) is 2.52. The molecule has 3 unspecified atom stereocenters. The molecule has 1 amide bonds. The van der Waals surface area contributed by atoms with Crippen molar-refractivity contribution >= 4 is 49.6 Å². The molecule has 10 heteroatoms. The summed E-state index contributed by atoms with van der Waals surface area (Å²) in [6.45, 7) is 4.58. The van der Waals surface area contributed by atoms with Gasteiger partial charge in [0, 0.05) is 43.9 Å². The number of nitrogens with one attached hydrogen (secondary N) is 2. The minimum atomic E-state index is -0.0993. The van der Waals surface area contributed by atoms with Gasteiger partial charge in [-0.2, -0.15) is 0 Å². The molecule has 0 aromatic carbocycles. The van der Waals surface area contributed by atoms with Gasteiger partial charge in [0.05, 0.1) is 22.0 Å². The number of amides is 1. The van der Waals surface area contributed by atoms with E-state index < -0.39 is 0 Å². The van der Waals surface area contributed by atoms with Crippen molar-refractivity contribution in [2.75, 3.05) is 44.5 Å². The summed E-state index contributed by atoms with van der Waals surface area (Å²) in [6, 6.07) is 4.78. The number of nitrogens with two attached hydrogens (primary N) is 1. The van der Waals surface area contributed by atoms with E-state index in [2.05, 4.69) is 32.7 Å². The topological polar surface area (TPSA) is 105 Å². The standard InChI is InChI=1S/C23H30N6O2S2/c1-12-26-23-21(32-12)19(24)20(33-23)22(30)27-15-5-6-16-13(8-15)4-7-18(28-16)29-9-14(11-31-3)17(10-29)25-2/h4,7,14-15,17,25H,5-6,8-11,24H2,1-3H3,(H,27,30). The molecule has 3 aromatic heterocycles. The Morgan fingerprint density at radius 1 is 1.30 bits per heavy atom. The molecule has 1 saturated heterocycles. The highest BCUT2D eigenvalue weighted by Gasteiger charge is 2.33. The van der Waals surface area contributed by atoms with Gasteiger partial charge in [-0.25, -0.2) is 9.97 Å². The number of hydrogen-bond acceptors (Lipinski definition) is 9. The van der Waals surface area contributed by atoms with E-state index in [0.717, 1.165) is 65.0 Å². The molecule has 8 nitrogen and oxygen atoms in total. The van der Waals surface area contributed by atoms with Crippen LogP contribution < -0.4 is 21.3 Å². The predicted molar refractivity (Wildman–Crippen MR) is 135 cm³/mol. The fourth-order valence-corrected chi connectivity index (χ4v) is 7.08. The molecule has 0 radical (unpaired) electrons. The number of anilines is 2. The summed E-state index contributed by atoms with van der Waals surface area (Å²) >= 11 is 2.92. The number of fused-ring (bicyclic) bond motifs is 2. The first-order valence-corrected chi connectivity index (χ1v) is 13.0. The van der Waals surface area contributed by atoms with Crippen LogP contribution in [0.5, 0.6) is 0 Å². The first kappa shape index (κ1) is 22.5. The number of thiazole rings is 1. The van der Waals surface area contributed by atoms with Crippen LogP contribution in [0.4, 0.5) is 11.5 Å². The van der Waals surface area contributed by atoms with Gasteiger partial charge in [0.2, 0.25) is 0 Å². The van der Waals surface area contributed by atoms with Crippen molar-refractivity contribution in [2.24, 2.45) is 5.92 Å². The first-order valence-electron chi connectivity index (χ1n) is 11.3. The maximum Gasteiger partial charge on any atom is 0.263 e. The van der Waals surface area contributed by atoms with Crippen LogP contribution in [-0.2, 0) is 17.6 Å². The van der Waals surface area contributed by atoms with Gasteiger partial charge in [-0.1, -0.05) is 6.07 Å². The molecule has 1 aliphatic carbocycles. The monoisotopic (exact) mass is 486 g/mol. The summed E-state index contributed by atoms with van der Waals surface area (Å²) in [4.78, 5) is 26.2. The number of thiophene rings is 1. The molecular formula is C23H30N6O2S2.